The maximum absolute atomic E-state index is 11.1. The fourth-order valence-corrected chi connectivity index (χ4v) is 3.64. The molecule has 0 atom stereocenters. The lowest BCUT2D eigenvalue weighted by molar-refractivity contribution is -0.104. The average Bonchev–Trinajstić information content (AvgIpc) is 3.16. The van der Waals surface area contributed by atoms with Crippen molar-refractivity contribution in [1.29, 1.82) is 0 Å². The number of aliphatic hydroxyl groups is 1. The molecule has 3 heterocycles. The van der Waals surface area contributed by atoms with Crippen molar-refractivity contribution in [3.8, 4) is 107 Å². The molecule has 0 aliphatic heterocycles. The second kappa shape index (κ2) is 44.2. The Morgan fingerprint density at radius 3 is 1.48 bits per heavy atom. The average molecular weight is 1230 g/mol. The van der Waals surface area contributed by atoms with E-state index >= 15 is 0 Å². The van der Waals surface area contributed by atoms with Gasteiger partial charge in [0.05, 0.1) is 3.57 Å². The van der Waals surface area contributed by atoms with Gasteiger partial charge in [0.25, 0.3) is 16.7 Å². The van der Waals surface area contributed by atoms with Crippen LogP contribution in [0.4, 0.5) is 0 Å². The molecule has 3 rings (SSSR count). The quantitative estimate of drug-likeness (QED) is 0.113. The molecular weight excluding hydrogens is 1190 g/mol. The first-order valence-corrected chi connectivity index (χ1v) is 17.0. The molecule has 0 radical (unpaired) electrons. The Balaban J connectivity index is -0.000000139. The van der Waals surface area contributed by atoms with Gasteiger partial charge in [-0.3, -0.25) is 24.0 Å². The number of nitrogens with zero attached hydrogens (tertiary/aromatic N) is 3. The van der Waals surface area contributed by atoms with Crippen LogP contribution in [-0.4, -0.2) is 31.4 Å². The number of aryl methyl sites for hydroxylation is 6. The molecule has 3 aromatic heterocycles. The fourth-order valence-electron chi connectivity index (χ4n) is 2.51. The summed E-state index contributed by atoms with van der Waals surface area (Å²) in [5.74, 6) is 34.2. The van der Waals surface area contributed by atoms with Crippen molar-refractivity contribution in [3.63, 3.8) is 0 Å². The summed E-state index contributed by atoms with van der Waals surface area (Å²) >= 11 is 4.27. The molecule has 16 heteroatoms. The van der Waals surface area contributed by atoms with Crippen molar-refractivity contribution >= 4 is 106 Å². The summed E-state index contributed by atoms with van der Waals surface area (Å²) in [6, 6.07) is 11.2. The minimum Gasteiger partial charge on any atom is -0.461 e. The first-order chi connectivity index (χ1) is 26.2. The Morgan fingerprint density at radius 1 is 0.638 bits per heavy atom. The Morgan fingerprint density at radius 2 is 1.09 bits per heavy atom. The van der Waals surface area contributed by atoms with Crippen LogP contribution in [-0.2, 0) is 30.7 Å². The van der Waals surface area contributed by atoms with Gasteiger partial charge in [-0.05, 0) is 149 Å². The molecule has 8 N–H and O–H groups in total. The smallest absolute Gasteiger partial charge is 0.263 e. The maximum atomic E-state index is 11.1. The van der Waals surface area contributed by atoms with Crippen molar-refractivity contribution in [1.82, 2.24) is 19.9 Å². The zero-order valence-electron chi connectivity index (χ0n) is 32.5. The molecule has 0 spiro atoms. The van der Waals surface area contributed by atoms with Crippen LogP contribution in [0.1, 0.15) is 23.6 Å². The Kier molecular flexibility index (Phi) is 49.1. The van der Waals surface area contributed by atoms with E-state index < -0.39 is 0 Å². The standard InChI is InChI=1S/2C7H8INO.C7H9NO.2C7H3NO.C7H4O.2HI.H3N/c1-5-3-7(10)9(2)4-6(5)8;1-5-3-4-9(2)7(10)6(5)8;1-6-3-4-8(2)7(9)5-6;2*8-6-4-2-1-3-5-7-9;1-2-3-4-5-6-7-8;;;/h2*3-4H,1-2H3;3-5H,1-2H3;2*7H,8H2;8H,1H3;2*1H;1H3. The molecule has 0 aliphatic rings. The van der Waals surface area contributed by atoms with E-state index in [0.717, 1.165) is 23.8 Å². The van der Waals surface area contributed by atoms with Gasteiger partial charge >= 0.3 is 0 Å². The van der Waals surface area contributed by atoms with E-state index in [0.29, 0.717) is 12.6 Å². The Bertz CT molecular complexity index is 2460. The number of hydrogen-bond donors (Lipinski definition) is 4. The highest BCUT2D eigenvalue weighted by Gasteiger charge is 1.99. The molecule has 58 heavy (non-hydrogen) atoms. The van der Waals surface area contributed by atoms with Crippen LogP contribution < -0.4 is 34.3 Å². The van der Waals surface area contributed by atoms with E-state index in [4.69, 9.17) is 16.6 Å². The lowest BCUT2D eigenvalue weighted by atomic mass is 10.3. The molecule has 0 bridgehead atoms. The van der Waals surface area contributed by atoms with Crippen molar-refractivity contribution in [2.45, 2.75) is 27.7 Å². The van der Waals surface area contributed by atoms with Crippen LogP contribution in [0.25, 0.3) is 0 Å². The van der Waals surface area contributed by atoms with Gasteiger partial charge in [-0.25, -0.2) is 0 Å². The zero-order valence-corrected chi connectivity index (χ0v) is 41.4. The Labute approximate surface area is 401 Å². The lowest BCUT2D eigenvalue weighted by Gasteiger charge is -1.99. The predicted octanol–water partition coefficient (Wildman–Crippen LogP) is 3.26. The van der Waals surface area contributed by atoms with Crippen molar-refractivity contribution < 1.29 is 14.7 Å². The third-order valence-electron chi connectivity index (χ3n) is 5.18. The van der Waals surface area contributed by atoms with Gasteiger partial charge in [0.2, 0.25) is 0 Å². The molecular formula is C42H40I4N6O6. The van der Waals surface area contributed by atoms with Gasteiger partial charge < -0.3 is 36.4 Å². The SMILES string of the molecule is CC#CC#CC#CO.Cc1cc(=O)n(C)cc1I.Cc1ccn(C)c(=O)c1.Cc1ccn(C)c(=O)c1I.I.I.N.NC#CC#CC#CC=O.NC#CC#CC#CC=O. The van der Waals surface area contributed by atoms with Crippen LogP contribution in [0.2, 0.25) is 0 Å². The number of halogens is 4. The number of pyridine rings is 3. The highest BCUT2D eigenvalue weighted by molar-refractivity contribution is 14.1. The van der Waals surface area contributed by atoms with E-state index in [2.05, 4.69) is 146 Å². The van der Waals surface area contributed by atoms with E-state index in [9.17, 15) is 24.0 Å². The summed E-state index contributed by atoms with van der Waals surface area (Å²) < 4.78 is 6.64. The second-order valence-electron chi connectivity index (χ2n) is 9.31. The summed E-state index contributed by atoms with van der Waals surface area (Å²) in [5.41, 5.74) is 12.8. The Hall–Kier alpha value is -5.49. The highest BCUT2D eigenvalue weighted by atomic mass is 127. The minimum atomic E-state index is 0. The third kappa shape index (κ3) is 37.4. The van der Waals surface area contributed by atoms with Crippen LogP contribution in [0.15, 0.2) is 57.2 Å². The number of aromatic nitrogens is 3. The molecule has 0 fully saturated rings. The van der Waals surface area contributed by atoms with Crippen LogP contribution in [0, 0.1) is 135 Å². The van der Waals surface area contributed by atoms with E-state index in [1.807, 2.05) is 39.1 Å². The number of aliphatic hydroxyl groups excluding tert-OH is 1. The first kappa shape index (κ1) is 64.4. The largest absolute Gasteiger partial charge is 0.461 e. The summed E-state index contributed by atoms with van der Waals surface area (Å²) in [6.07, 6.45) is 7.93. The molecule has 0 unspecified atom stereocenters. The van der Waals surface area contributed by atoms with Crippen LogP contribution >= 0.6 is 93.1 Å². The number of carbonyl (C=O) groups excluding carboxylic acids is 2. The number of rotatable bonds is 0. The second-order valence-corrected chi connectivity index (χ2v) is 11.6. The van der Waals surface area contributed by atoms with E-state index in [1.54, 1.807) is 72.4 Å². The maximum Gasteiger partial charge on any atom is 0.263 e. The monoisotopic (exact) mass is 1230 g/mol. The normalized spacial score (nSPS) is 6.64. The summed E-state index contributed by atoms with van der Waals surface area (Å²) in [4.78, 5) is 52.0. The zero-order chi connectivity index (χ0) is 42.4. The van der Waals surface area contributed by atoms with E-state index in [-0.39, 0.29) is 70.8 Å². The molecule has 3 aromatic rings. The molecule has 12 nitrogen and oxygen atoms in total. The van der Waals surface area contributed by atoms with Gasteiger partial charge in [-0.1, -0.05) is 5.92 Å². The first-order valence-electron chi connectivity index (χ1n) is 14.8. The predicted molar refractivity (Wildman–Crippen MR) is 269 cm³/mol. The van der Waals surface area contributed by atoms with Gasteiger partial charge in [0, 0.05) is 103 Å². The molecule has 0 saturated carbocycles. The summed E-state index contributed by atoms with van der Waals surface area (Å²) in [6.45, 7) is 7.45. The minimum absolute atomic E-state index is 0. The van der Waals surface area contributed by atoms with Crippen molar-refractivity contribution in [2.75, 3.05) is 0 Å². The topological polar surface area (TPSA) is 207 Å². The summed E-state index contributed by atoms with van der Waals surface area (Å²) in [5, 5.41) is 7.85. The van der Waals surface area contributed by atoms with Gasteiger partial charge in [0.15, 0.2) is 12.6 Å². The lowest BCUT2D eigenvalue weighted by Crippen LogP contribution is -2.19. The third-order valence-corrected chi connectivity index (χ3v) is 7.63. The van der Waals surface area contributed by atoms with Crippen LogP contribution in [0.3, 0.4) is 0 Å². The molecule has 0 amide bonds. The molecule has 302 valence electrons. The number of hydrogen-bond acceptors (Lipinski definition) is 9. The molecule has 0 aromatic carbocycles. The fraction of sp³-hybridized carbons (Fsp3) is 0.167. The highest BCUT2D eigenvalue weighted by Crippen LogP contribution is 2.06. The number of aldehydes is 2. The summed E-state index contributed by atoms with van der Waals surface area (Å²) in [7, 11) is 5.25. The molecule has 0 aliphatic carbocycles. The van der Waals surface area contributed by atoms with Gasteiger partial charge in [0.1, 0.15) is 6.11 Å². The van der Waals surface area contributed by atoms with Crippen LogP contribution in [0.5, 0.6) is 0 Å². The van der Waals surface area contributed by atoms with Gasteiger partial charge in [-0.2, -0.15) is 0 Å². The van der Waals surface area contributed by atoms with Crippen molar-refractivity contribution in [2.24, 2.45) is 32.6 Å². The van der Waals surface area contributed by atoms with Crippen molar-refractivity contribution in [3.05, 3.63) is 97.7 Å². The molecule has 0 saturated heterocycles. The van der Waals surface area contributed by atoms with Gasteiger partial charge in [-0.15, -0.1) is 48.0 Å². The number of nitrogens with two attached hydrogens (primary N) is 2. The van der Waals surface area contributed by atoms with E-state index in [1.165, 1.54) is 0 Å². The number of carbonyl (C=O) groups is 2.